The highest BCUT2D eigenvalue weighted by molar-refractivity contribution is 7.92. The molecule has 18 heavy (non-hydrogen) atoms. The first-order valence-corrected chi connectivity index (χ1v) is 6.57. The van der Waals surface area contributed by atoms with Gasteiger partial charge in [-0.1, -0.05) is 0 Å². The molecule has 0 saturated heterocycles. The summed E-state index contributed by atoms with van der Waals surface area (Å²) in [6, 6.07) is 7.75. The normalized spacial score (nSPS) is 11.4. The van der Waals surface area contributed by atoms with E-state index < -0.39 is 15.8 Å². The third kappa shape index (κ3) is 2.69. The molecule has 1 heterocycles. The van der Waals surface area contributed by atoms with Crippen molar-refractivity contribution in [2.24, 2.45) is 5.73 Å². The number of anilines is 1. The van der Waals surface area contributed by atoms with Crippen molar-refractivity contribution in [2.45, 2.75) is 11.6 Å². The zero-order valence-electron chi connectivity index (χ0n) is 9.26. The minimum absolute atomic E-state index is 0.117. The van der Waals surface area contributed by atoms with E-state index in [1.807, 2.05) is 0 Å². The highest BCUT2D eigenvalue weighted by atomic mass is 32.2. The molecule has 0 saturated carbocycles. The first-order chi connectivity index (χ1) is 8.51. The molecular formula is C11H11FN2O3S. The maximum absolute atomic E-state index is 12.7. The van der Waals surface area contributed by atoms with E-state index >= 15 is 0 Å². The largest absolute Gasteiger partial charge is 0.446 e. The van der Waals surface area contributed by atoms with Gasteiger partial charge in [-0.2, -0.15) is 8.42 Å². The van der Waals surface area contributed by atoms with Crippen LogP contribution in [0.1, 0.15) is 5.76 Å². The molecule has 2 aromatic rings. The predicted octanol–water partition coefficient (Wildman–Crippen LogP) is 1.68. The van der Waals surface area contributed by atoms with Gasteiger partial charge in [0, 0.05) is 5.69 Å². The van der Waals surface area contributed by atoms with Crippen molar-refractivity contribution < 1.29 is 17.2 Å². The number of halogens is 1. The van der Waals surface area contributed by atoms with Gasteiger partial charge in [0.15, 0.2) is 0 Å². The van der Waals surface area contributed by atoms with E-state index in [9.17, 15) is 12.8 Å². The summed E-state index contributed by atoms with van der Waals surface area (Å²) in [6.45, 7) is 0.117. The van der Waals surface area contributed by atoms with Crippen molar-refractivity contribution in [2.75, 3.05) is 4.72 Å². The van der Waals surface area contributed by atoms with Crippen LogP contribution in [0, 0.1) is 5.82 Å². The van der Waals surface area contributed by atoms with Gasteiger partial charge in [0.1, 0.15) is 11.6 Å². The van der Waals surface area contributed by atoms with E-state index in [-0.39, 0.29) is 17.3 Å². The Labute approximate surface area is 103 Å². The van der Waals surface area contributed by atoms with Gasteiger partial charge in [0.2, 0.25) is 5.09 Å². The van der Waals surface area contributed by atoms with E-state index in [4.69, 9.17) is 10.2 Å². The second kappa shape index (κ2) is 4.79. The molecule has 0 fully saturated rings. The van der Waals surface area contributed by atoms with E-state index in [0.717, 1.165) is 12.1 Å². The Hall–Kier alpha value is -1.86. The minimum Gasteiger partial charge on any atom is -0.446 e. The molecule has 2 rings (SSSR count). The van der Waals surface area contributed by atoms with Gasteiger partial charge in [-0.15, -0.1) is 0 Å². The van der Waals surface area contributed by atoms with Crippen molar-refractivity contribution in [1.29, 1.82) is 0 Å². The van der Waals surface area contributed by atoms with E-state index in [1.165, 1.54) is 24.3 Å². The molecule has 0 aliphatic carbocycles. The fourth-order valence-electron chi connectivity index (χ4n) is 1.34. The number of rotatable bonds is 4. The Morgan fingerprint density at radius 1 is 1.17 bits per heavy atom. The van der Waals surface area contributed by atoms with Gasteiger partial charge >= 0.3 is 0 Å². The van der Waals surface area contributed by atoms with Crippen LogP contribution in [0.4, 0.5) is 10.1 Å². The van der Waals surface area contributed by atoms with Crippen molar-refractivity contribution in [3.05, 3.63) is 48.0 Å². The van der Waals surface area contributed by atoms with E-state index in [2.05, 4.69) is 4.72 Å². The van der Waals surface area contributed by atoms with Gasteiger partial charge in [-0.3, -0.25) is 4.72 Å². The lowest BCUT2D eigenvalue weighted by molar-refractivity contribution is 0.417. The van der Waals surface area contributed by atoms with Gasteiger partial charge < -0.3 is 10.2 Å². The SMILES string of the molecule is NCc1ccc(S(=O)(=O)Nc2ccc(F)cc2)o1. The number of hydrogen-bond donors (Lipinski definition) is 2. The lowest BCUT2D eigenvalue weighted by atomic mass is 10.3. The topological polar surface area (TPSA) is 85.3 Å². The minimum atomic E-state index is -3.81. The Morgan fingerprint density at radius 2 is 1.83 bits per heavy atom. The summed E-state index contributed by atoms with van der Waals surface area (Å²) in [5, 5.41) is -0.229. The summed E-state index contributed by atoms with van der Waals surface area (Å²) in [7, 11) is -3.81. The van der Waals surface area contributed by atoms with Crippen LogP contribution >= 0.6 is 0 Å². The molecule has 5 nitrogen and oxygen atoms in total. The molecule has 0 radical (unpaired) electrons. The second-order valence-electron chi connectivity index (χ2n) is 3.54. The maximum atomic E-state index is 12.7. The average Bonchev–Trinajstić information content (AvgIpc) is 2.81. The van der Waals surface area contributed by atoms with Gasteiger partial charge in [0.05, 0.1) is 6.54 Å². The first-order valence-electron chi connectivity index (χ1n) is 5.08. The fraction of sp³-hybridized carbons (Fsp3) is 0.0909. The van der Waals surface area contributed by atoms with Crippen molar-refractivity contribution in [3.63, 3.8) is 0 Å². The van der Waals surface area contributed by atoms with Crippen LogP contribution in [-0.4, -0.2) is 8.42 Å². The fourth-order valence-corrected chi connectivity index (χ4v) is 2.35. The van der Waals surface area contributed by atoms with Crippen LogP contribution in [0.3, 0.4) is 0 Å². The van der Waals surface area contributed by atoms with Crippen LogP contribution < -0.4 is 10.5 Å². The molecule has 0 atom stereocenters. The molecule has 96 valence electrons. The molecule has 1 aromatic carbocycles. The van der Waals surface area contributed by atoms with Crippen LogP contribution in [0.5, 0.6) is 0 Å². The van der Waals surface area contributed by atoms with Crippen molar-refractivity contribution in [1.82, 2.24) is 0 Å². The average molecular weight is 270 g/mol. The predicted molar refractivity (Wildman–Crippen MR) is 63.8 cm³/mol. The quantitative estimate of drug-likeness (QED) is 0.885. The molecule has 7 heteroatoms. The summed E-state index contributed by atoms with van der Waals surface area (Å²) in [5.41, 5.74) is 5.58. The highest BCUT2D eigenvalue weighted by Gasteiger charge is 2.18. The number of hydrogen-bond acceptors (Lipinski definition) is 4. The van der Waals surface area contributed by atoms with E-state index in [1.54, 1.807) is 0 Å². The number of sulfonamides is 1. The smallest absolute Gasteiger partial charge is 0.295 e. The van der Waals surface area contributed by atoms with Crippen LogP contribution in [-0.2, 0) is 16.6 Å². The summed E-state index contributed by atoms with van der Waals surface area (Å²) in [5.74, 6) is -0.0733. The summed E-state index contributed by atoms with van der Waals surface area (Å²) in [6.07, 6.45) is 0. The molecule has 0 aliphatic rings. The Morgan fingerprint density at radius 3 is 2.39 bits per heavy atom. The second-order valence-corrected chi connectivity index (χ2v) is 5.15. The summed E-state index contributed by atoms with van der Waals surface area (Å²) < 4.78 is 43.7. The molecular weight excluding hydrogens is 259 g/mol. The number of benzene rings is 1. The monoisotopic (exact) mass is 270 g/mol. The van der Waals surface area contributed by atoms with Crippen LogP contribution in [0.2, 0.25) is 0 Å². The highest BCUT2D eigenvalue weighted by Crippen LogP contribution is 2.18. The van der Waals surface area contributed by atoms with Crippen molar-refractivity contribution in [3.8, 4) is 0 Å². The van der Waals surface area contributed by atoms with Gasteiger partial charge in [0.25, 0.3) is 10.0 Å². The Kier molecular flexibility index (Phi) is 3.35. The molecule has 0 bridgehead atoms. The maximum Gasteiger partial charge on any atom is 0.295 e. The lowest BCUT2D eigenvalue weighted by Crippen LogP contribution is -2.12. The molecule has 0 amide bonds. The Bertz CT molecular complexity index is 635. The molecule has 0 aliphatic heterocycles. The molecule has 3 N–H and O–H groups in total. The zero-order valence-corrected chi connectivity index (χ0v) is 10.1. The Balaban J connectivity index is 2.24. The molecule has 0 spiro atoms. The number of nitrogens with one attached hydrogen (secondary N) is 1. The number of furan rings is 1. The molecule has 1 aromatic heterocycles. The van der Waals surface area contributed by atoms with Gasteiger partial charge in [-0.25, -0.2) is 4.39 Å². The van der Waals surface area contributed by atoms with E-state index in [0.29, 0.717) is 5.76 Å². The van der Waals surface area contributed by atoms with Crippen LogP contribution in [0.25, 0.3) is 0 Å². The third-order valence-electron chi connectivity index (χ3n) is 2.20. The molecule has 0 unspecified atom stereocenters. The standard InChI is InChI=1S/C11H11FN2O3S/c12-8-1-3-9(4-2-8)14-18(15,16)11-6-5-10(7-13)17-11/h1-6,14H,7,13H2. The number of nitrogens with two attached hydrogens (primary N) is 1. The summed E-state index contributed by atoms with van der Waals surface area (Å²) in [4.78, 5) is 0. The van der Waals surface area contributed by atoms with Crippen molar-refractivity contribution >= 4 is 15.7 Å². The third-order valence-corrected chi connectivity index (χ3v) is 3.45. The lowest BCUT2D eigenvalue weighted by Gasteiger charge is -2.05. The summed E-state index contributed by atoms with van der Waals surface area (Å²) >= 11 is 0. The van der Waals surface area contributed by atoms with Crippen LogP contribution in [0.15, 0.2) is 45.9 Å². The van der Waals surface area contributed by atoms with Gasteiger partial charge in [-0.05, 0) is 36.4 Å². The first kappa shape index (κ1) is 12.6. The zero-order chi connectivity index (χ0) is 13.2.